The molecular formula is C11H17NO. The Morgan fingerprint density at radius 3 is 3.00 bits per heavy atom. The standard InChI is InChI=1S/C11H17NO/c1-3-12-7-9(1)5-11(12)6-10-2-4-13-8-10/h6,9-10H,1-5,7-8H2. The highest BCUT2D eigenvalue weighted by Crippen LogP contribution is 2.36. The van der Waals surface area contributed by atoms with Crippen LogP contribution in [-0.4, -0.2) is 31.2 Å². The van der Waals surface area contributed by atoms with Gasteiger partial charge in [-0.3, -0.25) is 0 Å². The molecule has 72 valence electrons. The van der Waals surface area contributed by atoms with Crippen molar-refractivity contribution in [3.8, 4) is 0 Å². The minimum Gasteiger partial charge on any atom is -0.381 e. The van der Waals surface area contributed by atoms with Gasteiger partial charge in [0.25, 0.3) is 0 Å². The molecule has 0 aromatic rings. The summed E-state index contributed by atoms with van der Waals surface area (Å²) < 4.78 is 5.38. The number of hydrogen-bond donors (Lipinski definition) is 0. The maximum atomic E-state index is 5.38. The molecule has 0 saturated carbocycles. The Labute approximate surface area is 79.6 Å². The topological polar surface area (TPSA) is 12.5 Å². The summed E-state index contributed by atoms with van der Waals surface area (Å²) in [5, 5.41) is 0. The summed E-state index contributed by atoms with van der Waals surface area (Å²) in [7, 11) is 0. The molecule has 2 nitrogen and oxygen atoms in total. The third kappa shape index (κ3) is 1.37. The molecule has 0 N–H and O–H groups in total. The SMILES string of the molecule is C(=C1CC2CCN1C2)C1CCOC1. The summed E-state index contributed by atoms with van der Waals surface area (Å²) in [6.45, 7) is 4.57. The first-order valence-electron chi connectivity index (χ1n) is 5.45. The van der Waals surface area contributed by atoms with E-state index in [9.17, 15) is 0 Å². The van der Waals surface area contributed by atoms with E-state index < -0.39 is 0 Å². The van der Waals surface area contributed by atoms with Gasteiger partial charge in [0.2, 0.25) is 0 Å². The van der Waals surface area contributed by atoms with Gasteiger partial charge in [0.15, 0.2) is 0 Å². The van der Waals surface area contributed by atoms with Gasteiger partial charge >= 0.3 is 0 Å². The summed E-state index contributed by atoms with van der Waals surface area (Å²) in [5.41, 5.74) is 1.62. The molecule has 3 saturated heterocycles. The molecule has 13 heavy (non-hydrogen) atoms. The van der Waals surface area contributed by atoms with E-state index in [0.717, 1.165) is 19.1 Å². The van der Waals surface area contributed by atoms with Crippen molar-refractivity contribution in [1.82, 2.24) is 4.90 Å². The van der Waals surface area contributed by atoms with E-state index in [1.54, 1.807) is 5.70 Å². The Morgan fingerprint density at radius 1 is 1.38 bits per heavy atom. The lowest BCUT2D eigenvalue weighted by Crippen LogP contribution is -2.16. The molecular weight excluding hydrogens is 162 g/mol. The quantitative estimate of drug-likeness (QED) is 0.606. The maximum absolute atomic E-state index is 5.38. The summed E-state index contributed by atoms with van der Waals surface area (Å²) in [5.74, 6) is 1.70. The zero-order valence-corrected chi connectivity index (χ0v) is 8.04. The smallest absolute Gasteiger partial charge is 0.0530 e. The summed E-state index contributed by atoms with van der Waals surface area (Å²) in [6, 6.07) is 0. The van der Waals surface area contributed by atoms with Gasteiger partial charge in [0, 0.05) is 31.3 Å². The fourth-order valence-corrected chi connectivity index (χ4v) is 2.81. The first kappa shape index (κ1) is 7.86. The van der Waals surface area contributed by atoms with Crippen molar-refractivity contribution in [2.24, 2.45) is 11.8 Å². The average molecular weight is 179 g/mol. The summed E-state index contributed by atoms with van der Waals surface area (Å²) in [6.07, 6.45) is 6.49. The number of nitrogens with zero attached hydrogens (tertiary/aromatic N) is 1. The lowest BCUT2D eigenvalue weighted by Gasteiger charge is -2.19. The third-order valence-corrected chi connectivity index (χ3v) is 3.58. The number of allylic oxidation sites excluding steroid dienone is 1. The predicted molar refractivity (Wildman–Crippen MR) is 51.3 cm³/mol. The van der Waals surface area contributed by atoms with Gasteiger partial charge in [-0.15, -0.1) is 0 Å². The maximum Gasteiger partial charge on any atom is 0.0530 e. The van der Waals surface area contributed by atoms with Crippen LogP contribution in [0.15, 0.2) is 11.8 Å². The van der Waals surface area contributed by atoms with E-state index in [-0.39, 0.29) is 0 Å². The first-order chi connectivity index (χ1) is 6.42. The van der Waals surface area contributed by atoms with Crippen molar-refractivity contribution < 1.29 is 4.74 Å². The van der Waals surface area contributed by atoms with Crippen molar-refractivity contribution in [1.29, 1.82) is 0 Å². The average Bonchev–Trinajstić information content (AvgIpc) is 2.77. The highest BCUT2D eigenvalue weighted by atomic mass is 16.5. The van der Waals surface area contributed by atoms with Crippen LogP contribution in [0.25, 0.3) is 0 Å². The molecule has 0 spiro atoms. The van der Waals surface area contributed by atoms with Crippen LogP contribution in [0.1, 0.15) is 19.3 Å². The predicted octanol–water partition coefficient (Wildman–Crippen LogP) is 1.63. The van der Waals surface area contributed by atoms with Gasteiger partial charge in [0.05, 0.1) is 6.61 Å². The molecule has 0 aromatic heterocycles. The Bertz CT molecular complexity index is 230. The molecule has 2 bridgehead atoms. The Morgan fingerprint density at radius 2 is 2.38 bits per heavy atom. The van der Waals surface area contributed by atoms with Gasteiger partial charge in [-0.1, -0.05) is 6.08 Å². The second-order valence-electron chi connectivity index (χ2n) is 4.59. The van der Waals surface area contributed by atoms with Gasteiger partial charge < -0.3 is 9.64 Å². The Hall–Kier alpha value is -0.500. The second-order valence-corrected chi connectivity index (χ2v) is 4.59. The first-order valence-corrected chi connectivity index (χ1v) is 5.45. The van der Waals surface area contributed by atoms with Crippen molar-refractivity contribution >= 4 is 0 Å². The number of piperidine rings is 1. The highest BCUT2D eigenvalue weighted by molar-refractivity contribution is 5.13. The molecule has 0 aromatic carbocycles. The van der Waals surface area contributed by atoms with E-state index in [1.165, 1.54) is 32.4 Å². The minimum atomic E-state index is 0.717. The highest BCUT2D eigenvalue weighted by Gasteiger charge is 2.33. The van der Waals surface area contributed by atoms with Crippen LogP contribution in [-0.2, 0) is 4.74 Å². The van der Waals surface area contributed by atoms with Gasteiger partial charge in [-0.05, 0) is 25.2 Å². The van der Waals surface area contributed by atoms with Crippen LogP contribution in [0.2, 0.25) is 0 Å². The molecule has 3 aliphatic rings. The molecule has 3 fully saturated rings. The number of hydrogen-bond acceptors (Lipinski definition) is 2. The number of fused-ring (bicyclic) bond motifs is 2. The zero-order valence-electron chi connectivity index (χ0n) is 8.04. The van der Waals surface area contributed by atoms with E-state index in [4.69, 9.17) is 4.74 Å². The van der Waals surface area contributed by atoms with Gasteiger partial charge in [0.1, 0.15) is 0 Å². The molecule has 3 heterocycles. The minimum absolute atomic E-state index is 0.717. The molecule has 3 rings (SSSR count). The van der Waals surface area contributed by atoms with Crippen molar-refractivity contribution in [3.63, 3.8) is 0 Å². The Kier molecular flexibility index (Phi) is 1.82. The van der Waals surface area contributed by atoms with Crippen LogP contribution >= 0.6 is 0 Å². The molecule has 2 heteroatoms. The molecule has 2 atom stereocenters. The van der Waals surface area contributed by atoms with E-state index in [0.29, 0.717) is 5.92 Å². The molecule has 0 radical (unpaired) electrons. The van der Waals surface area contributed by atoms with Crippen molar-refractivity contribution in [3.05, 3.63) is 11.8 Å². The van der Waals surface area contributed by atoms with Crippen LogP contribution < -0.4 is 0 Å². The van der Waals surface area contributed by atoms with Crippen LogP contribution in [0, 0.1) is 11.8 Å². The second kappa shape index (κ2) is 3.02. The van der Waals surface area contributed by atoms with E-state index >= 15 is 0 Å². The molecule has 3 aliphatic heterocycles. The van der Waals surface area contributed by atoms with Crippen molar-refractivity contribution in [2.45, 2.75) is 19.3 Å². The van der Waals surface area contributed by atoms with Crippen LogP contribution in [0.5, 0.6) is 0 Å². The Balaban J connectivity index is 1.71. The normalized spacial score (nSPS) is 40.9. The number of ether oxygens (including phenoxy) is 1. The fourth-order valence-electron chi connectivity index (χ4n) is 2.81. The summed E-state index contributed by atoms with van der Waals surface area (Å²) >= 11 is 0. The van der Waals surface area contributed by atoms with E-state index in [2.05, 4.69) is 11.0 Å². The van der Waals surface area contributed by atoms with Crippen LogP contribution in [0.4, 0.5) is 0 Å². The lowest BCUT2D eigenvalue weighted by atomic mass is 10.0. The van der Waals surface area contributed by atoms with E-state index in [1.807, 2.05) is 0 Å². The summed E-state index contributed by atoms with van der Waals surface area (Å²) in [4.78, 5) is 2.57. The molecule has 0 aliphatic carbocycles. The fraction of sp³-hybridized carbons (Fsp3) is 0.818. The molecule has 0 amide bonds. The van der Waals surface area contributed by atoms with Crippen LogP contribution in [0.3, 0.4) is 0 Å². The largest absolute Gasteiger partial charge is 0.381 e. The van der Waals surface area contributed by atoms with Crippen molar-refractivity contribution in [2.75, 3.05) is 26.3 Å². The molecule has 2 unspecified atom stereocenters. The number of rotatable bonds is 1. The monoisotopic (exact) mass is 179 g/mol. The third-order valence-electron chi connectivity index (χ3n) is 3.58. The van der Waals surface area contributed by atoms with Gasteiger partial charge in [-0.25, -0.2) is 0 Å². The zero-order chi connectivity index (χ0) is 8.67. The van der Waals surface area contributed by atoms with Gasteiger partial charge in [-0.2, -0.15) is 0 Å². The lowest BCUT2D eigenvalue weighted by molar-refractivity contribution is 0.191.